The Morgan fingerprint density at radius 3 is 2.56 bits per heavy atom. The van der Waals surface area contributed by atoms with Gasteiger partial charge in [0, 0.05) is 47.0 Å². The Morgan fingerprint density at radius 1 is 1.03 bits per heavy atom. The van der Waals surface area contributed by atoms with Crippen LogP contribution in [-0.2, 0) is 7.05 Å². The molecule has 5 rings (SSSR count). The molecule has 6 heteroatoms. The summed E-state index contributed by atoms with van der Waals surface area (Å²) in [5, 5.41) is 14.3. The number of carboxylic acids is 1. The Kier molecular flexibility index (Phi) is 5.21. The molecule has 2 heterocycles. The molecule has 2 aromatic heterocycles. The van der Waals surface area contributed by atoms with E-state index in [1.807, 2.05) is 68.1 Å². The second-order valence-electron chi connectivity index (χ2n) is 8.59. The minimum atomic E-state index is -1.01. The van der Waals surface area contributed by atoms with Gasteiger partial charge in [-0.05, 0) is 43.7 Å². The molecule has 0 saturated heterocycles. The van der Waals surface area contributed by atoms with E-state index in [0.717, 1.165) is 27.6 Å². The molecule has 1 atom stereocenters. The fourth-order valence-corrected chi connectivity index (χ4v) is 4.53. The fourth-order valence-electron chi connectivity index (χ4n) is 4.53. The molecule has 0 aliphatic heterocycles. The highest BCUT2D eigenvalue weighted by Gasteiger charge is 2.19. The van der Waals surface area contributed by atoms with Crippen molar-refractivity contribution in [3.05, 3.63) is 99.8 Å². The summed E-state index contributed by atoms with van der Waals surface area (Å²) in [5.74, 6) is -0.508. The molecular formula is C28H24N2O4. The molecule has 34 heavy (non-hydrogen) atoms. The maximum atomic E-state index is 13.2. The summed E-state index contributed by atoms with van der Waals surface area (Å²) in [5.41, 5.74) is 4.67. The van der Waals surface area contributed by atoms with Crippen LogP contribution in [0.1, 0.15) is 34.5 Å². The third-order valence-electron chi connectivity index (χ3n) is 6.16. The third kappa shape index (κ3) is 3.63. The van der Waals surface area contributed by atoms with Crippen molar-refractivity contribution in [1.29, 1.82) is 0 Å². The summed E-state index contributed by atoms with van der Waals surface area (Å²) in [6.07, 6.45) is 1.97. The molecule has 2 N–H and O–H groups in total. The molecule has 170 valence electrons. The van der Waals surface area contributed by atoms with E-state index in [0.29, 0.717) is 22.4 Å². The van der Waals surface area contributed by atoms with Gasteiger partial charge in [0.2, 0.25) is 0 Å². The van der Waals surface area contributed by atoms with E-state index in [9.17, 15) is 14.7 Å². The maximum Gasteiger partial charge on any atom is 0.337 e. The largest absolute Gasteiger partial charge is 0.478 e. The van der Waals surface area contributed by atoms with Crippen LogP contribution in [0.3, 0.4) is 0 Å². The van der Waals surface area contributed by atoms with Gasteiger partial charge in [-0.3, -0.25) is 4.79 Å². The number of benzene rings is 3. The first-order chi connectivity index (χ1) is 16.3. The molecule has 0 saturated carbocycles. The van der Waals surface area contributed by atoms with E-state index < -0.39 is 5.97 Å². The minimum Gasteiger partial charge on any atom is -0.478 e. The first kappa shape index (κ1) is 21.5. The molecule has 5 aromatic rings. The minimum absolute atomic E-state index is 0.118. The lowest BCUT2D eigenvalue weighted by molar-refractivity contribution is 0.0698. The first-order valence-corrected chi connectivity index (χ1v) is 11.0. The van der Waals surface area contributed by atoms with E-state index in [-0.39, 0.29) is 17.0 Å². The van der Waals surface area contributed by atoms with Crippen LogP contribution in [0.25, 0.3) is 33.2 Å². The molecule has 0 fully saturated rings. The van der Waals surface area contributed by atoms with Crippen molar-refractivity contribution in [3.63, 3.8) is 0 Å². The molecule has 0 aliphatic rings. The van der Waals surface area contributed by atoms with Crippen molar-refractivity contribution in [3.8, 4) is 11.3 Å². The Morgan fingerprint density at radius 2 is 1.76 bits per heavy atom. The number of anilines is 1. The second-order valence-corrected chi connectivity index (χ2v) is 8.59. The quantitative estimate of drug-likeness (QED) is 0.335. The van der Waals surface area contributed by atoms with Crippen molar-refractivity contribution in [2.75, 3.05) is 5.32 Å². The van der Waals surface area contributed by atoms with Crippen LogP contribution in [-0.4, -0.2) is 15.6 Å². The Hall–Kier alpha value is -4.32. The molecule has 6 nitrogen and oxygen atoms in total. The average molecular weight is 453 g/mol. The van der Waals surface area contributed by atoms with E-state index in [4.69, 9.17) is 4.42 Å². The zero-order chi connectivity index (χ0) is 24.0. The highest BCUT2D eigenvalue weighted by molar-refractivity contribution is 5.96. The predicted molar refractivity (Wildman–Crippen MR) is 135 cm³/mol. The summed E-state index contributed by atoms with van der Waals surface area (Å²) < 4.78 is 8.41. The number of hydrogen-bond acceptors (Lipinski definition) is 4. The van der Waals surface area contributed by atoms with Crippen molar-refractivity contribution >= 4 is 33.5 Å². The van der Waals surface area contributed by atoms with Crippen molar-refractivity contribution < 1.29 is 14.3 Å². The number of hydrogen-bond donors (Lipinski definition) is 2. The lowest BCUT2D eigenvalue weighted by Crippen LogP contribution is -2.12. The predicted octanol–water partition coefficient (Wildman–Crippen LogP) is 6.13. The molecule has 0 unspecified atom stereocenters. The van der Waals surface area contributed by atoms with Crippen LogP contribution in [0.4, 0.5) is 5.69 Å². The van der Waals surface area contributed by atoms with Crippen LogP contribution in [0.2, 0.25) is 0 Å². The summed E-state index contributed by atoms with van der Waals surface area (Å²) in [6, 6.07) is 19.8. The molecule has 3 aromatic carbocycles. The van der Waals surface area contributed by atoms with Gasteiger partial charge in [0.05, 0.1) is 17.0 Å². The molecule has 0 bridgehead atoms. The number of para-hydroxylation sites is 2. The number of fused-ring (bicyclic) bond motifs is 2. The van der Waals surface area contributed by atoms with Crippen LogP contribution < -0.4 is 10.7 Å². The van der Waals surface area contributed by atoms with Crippen LogP contribution in [0.5, 0.6) is 0 Å². The number of nitrogens with zero attached hydrogens (tertiary/aromatic N) is 1. The number of nitrogens with one attached hydrogen (secondary N) is 1. The van der Waals surface area contributed by atoms with Gasteiger partial charge in [0.25, 0.3) is 0 Å². The van der Waals surface area contributed by atoms with Gasteiger partial charge in [-0.15, -0.1) is 0 Å². The lowest BCUT2D eigenvalue weighted by Gasteiger charge is -2.19. The number of carboxylic acid groups (broad SMARTS) is 1. The highest BCUT2D eigenvalue weighted by atomic mass is 16.4. The van der Waals surface area contributed by atoms with Gasteiger partial charge >= 0.3 is 5.97 Å². The monoisotopic (exact) mass is 452 g/mol. The standard InChI is InChI=1S/C28H24N2O4/c1-16-12-20(17(2)29-23-10-6-4-9-19(23)28(32)33)27-21(13-16)25(31)14-26(34-27)22-15-30(3)24-11-7-5-8-18(22)24/h4-15,17,29H,1-3H3,(H,32,33)/t17-/m1/s1. The molecular weight excluding hydrogens is 428 g/mol. The van der Waals surface area contributed by atoms with E-state index >= 15 is 0 Å². The second kappa shape index (κ2) is 8.23. The summed E-state index contributed by atoms with van der Waals surface area (Å²) in [7, 11) is 1.96. The number of aryl methyl sites for hydroxylation is 2. The van der Waals surface area contributed by atoms with E-state index in [1.54, 1.807) is 30.3 Å². The Balaban J connectivity index is 1.68. The number of aromatic nitrogens is 1. The van der Waals surface area contributed by atoms with Gasteiger partial charge in [0.1, 0.15) is 11.3 Å². The lowest BCUT2D eigenvalue weighted by atomic mass is 10.00. The highest BCUT2D eigenvalue weighted by Crippen LogP contribution is 2.34. The van der Waals surface area contributed by atoms with Crippen molar-refractivity contribution in [1.82, 2.24) is 4.57 Å². The third-order valence-corrected chi connectivity index (χ3v) is 6.16. The van der Waals surface area contributed by atoms with Crippen LogP contribution >= 0.6 is 0 Å². The zero-order valence-electron chi connectivity index (χ0n) is 19.1. The van der Waals surface area contributed by atoms with Gasteiger partial charge in [0.15, 0.2) is 5.43 Å². The van der Waals surface area contributed by atoms with Crippen LogP contribution in [0, 0.1) is 6.92 Å². The average Bonchev–Trinajstić information content (AvgIpc) is 3.16. The molecule has 0 radical (unpaired) electrons. The molecule has 0 amide bonds. The van der Waals surface area contributed by atoms with Crippen LogP contribution in [0.15, 0.2) is 82.1 Å². The smallest absolute Gasteiger partial charge is 0.337 e. The normalized spacial score (nSPS) is 12.2. The Bertz CT molecular complexity index is 1630. The molecule has 0 aliphatic carbocycles. The van der Waals surface area contributed by atoms with Crippen molar-refractivity contribution in [2.45, 2.75) is 19.9 Å². The number of aromatic carboxylic acids is 1. The Labute approximate surface area is 196 Å². The van der Waals surface area contributed by atoms with Gasteiger partial charge in [-0.25, -0.2) is 4.79 Å². The summed E-state index contributed by atoms with van der Waals surface area (Å²) in [6.45, 7) is 3.86. The zero-order valence-corrected chi connectivity index (χ0v) is 19.1. The topological polar surface area (TPSA) is 84.5 Å². The number of carbonyl (C=O) groups is 1. The first-order valence-electron chi connectivity index (χ1n) is 11.0. The van der Waals surface area contributed by atoms with Gasteiger partial charge < -0.3 is 19.4 Å². The molecule has 0 spiro atoms. The van der Waals surface area contributed by atoms with Gasteiger partial charge in [-0.2, -0.15) is 0 Å². The number of rotatable bonds is 5. The van der Waals surface area contributed by atoms with E-state index in [1.165, 1.54) is 0 Å². The fraction of sp³-hybridized carbons (Fsp3) is 0.143. The van der Waals surface area contributed by atoms with Crippen molar-refractivity contribution in [2.24, 2.45) is 7.05 Å². The van der Waals surface area contributed by atoms with Gasteiger partial charge in [-0.1, -0.05) is 36.4 Å². The van der Waals surface area contributed by atoms with E-state index in [2.05, 4.69) is 5.32 Å². The summed E-state index contributed by atoms with van der Waals surface area (Å²) in [4.78, 5) is 24.8. The SMILES string of the molecule is Cc1cc([C@@H](C)Nc2ccccc2C(=O)O)c2oc(-c3cn(C)c4ccccc34)cc(=O)c2c1. The summed E-state index contributed by atoms with van der Waals surface area (Å²) >= 11 is 0. The maximum absolute atomic E-state index is 13.2.